The van der Waals surface area contributed by atoms with Crippen molar-refractivity contribution >= 4 is 39.9 Å². The van der Waals surface area contributed by atoms with Gasteiger partial charge in [-0.3, -0.25) is 9.69 Å². The molecule has 1 aliphatic heterocycles. The number of nitrogens with zero attached hydrogens (tertiary/aromatic N) is 5. The molecule has 148 valence electrons. The molecule has 0 atom stereocenters. The number of hydrogen-bond acceptors (Lipinski definition) is 5. The van der Waals surface area contributed by atoms with E-state index in [-0.39, 0.29) is 11.1 Å². The van der Waals surface area contributed by atoms with Crippen molar-refractivity contribution in [3.8, 4) is 6.07 Å². The third-order valence-electron chi connectivity index (χ3n) is 5.28. The van der Waals surface area contributed by atoms with Crippen LogP contribution in [0.5, 0.6) is 0 Å². The first kappa shape index (κ1) is 19.7. The number of anilines is 1. The van der Waals surface area contributed by atoms with E-state index in [2.05, 4.69) is 26.9 Å². The number of piperazine rings is 1. The van der Waals surface area contributed by atoms with E-state index in [4.69, 9.17) is 23.2 Å². The van der Waals surface area contributed by atoms with Crippen LogP contribution in [0.3, 0.4) is 0 Å². The zero-order valence-electron chi connectivity index (χ0n) is 15.9. The van der Waals surface area contributed by atoms with Gasteiger partial charge in [0.25, 0.3) is 5.56 Å². The number of fused-ring (bicyclic) bond motifs is 1. The van der Waals surface area contributed by atoms with Crippen molar-refractivity contribution in [3.63, 3.8) is 0 Å². The minimum Gasteiger partial charge on any atom is -0.366 e. The number of aryl methyl sites for hydroxylation is 1. The molecule has 1 aliphatic rings. The molecule has 0 saturated carbocycles. The van der Waals surface area contributed by atoms with Crippen molar-refractivity contribution in [1.29, 1.82) is 5.26 Å². The van der Waals surface area contributed by atoms with Crippen LogP contribution in [0.4, 0.5) is 5.69 Å². The van der Waals surface area contributed by atoms with Crippen molar-refractivity contribution < 1.29 is 0 Å². The highest BCUT2D eigenvalue weighted by molar-refractivity contribution is 6.30. The SMILES string of the molecule is Cn1c(=O)c(C#N)c(N2CCN(Cc3cccc(Cl)c3)CC2)c2nc(Cl)ccc21. The second-order valence-corrected chi connectivity index (χ2v) is 7.92. The van der Waals surface area contributed by atoms with Gasteiger partial charge in [0.2, 0.25) is 0 Å². The van der Waals surface area contributed by atoms with E-state index in [9.17, 15) is 10.1 Å². The van der Waals surface area contributed by atoms with Gasteiger partial charge in [-0.05, 0) is 29.8 Å². The van der Waals surface area contributed by atoms with Crippen LogP contribution in [0.2, 0.25) is 10.2 Å². The lowest BCUT2D eigenvalue weighted by Crippen LogP contribution is -2.47. The van der Waals surface area contributed by atoms with Gasteiger partial charge in [0.15, 0.2) is 0 Å². The third kappa shape index (κ3) is 3.82. The molecule has 4 rings (SSSR count). The molecule has 0 spiro atoms. The predicted octanol–water partition coefficient (Wildman–Crippen LogP) is 3.43. The molecule has 0 N–H and O–H groups in total. The maximum Gasteiger partial charge on any atom is 0.270 e. The Kier molecular flexibility index (Phi) is 5.46. The fourth-order valence-electron chi connectivity index (χ4n) is 3.80. The van der Waals surface area contributed by atoms with Gasteiger partial charge >= 0.3 is 0 Å². The normalized spacial score (nSPS) is 14.9. The summed E-state index contributed by atoms with van der Waals surface area (Å²) in [7, 11) is 1.65. The fourth-order valence-corrected chi connectivity index (χ4v) is 4.16. The summed E-state index contributed by atoms with van der Waals surface area (Å²) < 4.78 is 1.45. The average Bonchev–Trinajstić information content (AvgIpc) is 2.71. The fraction of sp³-hybridized carbons (Fsp3) is 0.286. The van der Waals surface area contributed by atoms with E-state index in [1.54, 1.807) is 19.2 Å². The van der Waals surface area contributed by atoms with Gasteiger partial charge in [-0.25, -0.2) is 4.98 Å². The molecule has 0 bridgehead atoms. The van der Waals surface area contributed by atoms with Crippen LogP contribution < -0.4 is 10.5 Å². The highest BCUT2D eigenvalue weighted by Gasteiger charge is 2.25. The molecular formula is C21H19Cl2N5O. The van der Waals surface area contributed by atoms with Crippen molar-refractivity contribution in [2.24, 2.45) is 7.05 Å². The number of nitriles is 1. The number of pyridine rings is 2. The monoisotopic (exact) mass is 427 g/mol. The quantitative estimate of drug-likeness (QED) is 0.598. The maximum atomic E-state index is 12.7. The van der Waals surface area contributed by atoms with Crippen LogP contribution in [0.1, 0.15) is 11.1 Å². The van der Waals surface area contributed by atoms with Crippen molar-refractivity contribution in [3.05, 3.63) is 68.1 Å². The molecule has 3 heterocycles. The van der Waals surface area contributed by atoms with Crippen LogP contribution in [0.25, 0.3) is 11.0 Å². The smallest absolute Gasteiger partial charge is 0.270 e. The van der Waals surface area contributed by atoms with Crippen molar-refractivity contribution in [2.75, 3.05) is 31.1 Å². The van der Waals surface area contributed by atoms with Crippen molar-refractivity contribution in [1.82, 2.24) is 14.5 Å². The molecule has 0 radical (unpaired) electrons. The van der Waals surface area contributed by atoms with E-state index in [1.165, 1.54) is 4.57 Å². The van der Waals surface area contributed by atoms with Crippen LogP contribution in [-0.2, 0) is 13.6 Å². The molecule has 29 heavy (non-hydrogen) atoms. The first-order chi connectivity index (χ1) is 14.0. The minimum atomic E-state index is -0.319. The molecule has 1 fully saturated rings. The zero-order chi connectivity index (χ0) is 20.5. The molecule has 0 aliphatic carbocycles. The lowest BCUT2D eigenvalue weighted by Gasteiger charge is -2.36. The van der Waals surface area contributed by atoms with Gasteiger partial charge in [0.1, 0.15) is 22.3 Å². The first-order valence-electron chi connectivity index (χ1n) is 9.29. The summed E-state index contributed by atoms with van der Waals surface area (Å²) in [6, 6.07) is 13.4. The number of benzene rings is 1. The van der Waals surface area contributed by atoms with E-state index >= 15 is 0 Å². The second kappa shape index (κ2) is 8.03. The van der Waals surface area contributed by atoms with Gasteiger partial charge in [-0.1, -0.05) is 35.3 Å². The Morgan fingerprint density at radius 3 is 2.59 bits per heavy atom. The first-order valence-corrected chi connectivity index (χ1v) is 10.0. The number of aromatic nitrogens is 2. The molecule has 2 aromatic heterocycles. The maximum absolute atomic E-state index is 12.7. The average molecular weight is 428 g/mol. The summed E-state index contributed by atoms with van der Waals surface area (Å²) in [6.45, 7) is 3.78. The lowest BCUT2D eigenvalue weighted by molar-refractivity contribution is 0.250. The Morgan fingerprint density at radius 2 is 1.90 bits per heavy atom. The Bertz CT molecular complexity index is 1180. The van der Waals surface area contributed by atoms with Crippen molar-refractivity contribution in [2.45, 2.75) is 6.54 Å². The highest BCUT2D eigenvalue weighted by atomic mass is 35.5. The molecular weight excluding hydrogens is 409 g/mol. The molecule has 8 heteroatoms. The third-order valence-corrected chi connectivity index (χ3v) is 5.72. The van der Waals surface area contributed by atoms with E-state index in [1.807, 2.05) is 18.2 Å². The van der Waals surface area contributed by atoms with Gasteiger partial charge < -0.3 is 9.47 Å². The number of hydrogen-bond donors (Lipinski definition) is 0. The predicted molar refractivity (Wildman–Crippen MR) is 116 cm³/mol. The Morgan fingerprint density at radius 1 is 1.14 bits per heavy atom. The minimum absolute atomic E-state index is 0.109. The topological polar surface area (TPSA) is 65.2 Å². The largest absolute Gasteiger partial charge is 0.366 e. The molecule has 0 amide bonds. The zero-order valence-corrected chi connectivity index (χ0v) is 17.4. The Labute approximate surface area is 178 Å². The summed E-state index contributed by atoms with van der Waals surface area (Å²) in [4.78, 5) is 21.6. The van der Waals surface area contributed by atoms with Crippen LogP contribution in [0, 0.1) is 11.3 Å². The Balaban J connectivity index is 1.64. The van der Waals surface area contributed by atoms with Crippen LogP contribution in [-0.4, -0.2) is 40.6 Å². The highest BCUT2D eigenvalue weighted by Crippen LogP contribution is 2.29. The molecule has 1 aromatic carbocycles. The van der Waals surface area contributed by atoms with E-state index in [0.29, 0.717) is 35.0 Å². The lowest BCUT2D eigenvalue weighted by atomic mass is 10.1. The number of halogens is 2. The molecule has 3 aromatic rings. The van der Waals surface area contributed by atoms with Crippen LogP contribution in [0.15, 0.2) is 41.2 Å². The molecule has 1 saturated heterocycles. The second-order valence-electron chi connectivity index (χ2n) is 7.09. The molecule has 0 unspecified atom stereocenters. The molecule has 6 nitrogen and oxygen atoms in total. The van der Waals surface area contributed by atoms with E-state index < -0.39 is 0 Å². The van der Waals surface area contributed by atoms with E-state index in [0.717, 1.165) is 30.2 Å². The standard InChI is InChI=1S/C21H19Cl2N5O/c1-26-17-5-6-18(23)25-19(17)20(16(12-24)21(26)29)28-9-7-27(8-10-28)13-14-3-2-4-15(22)11-14/h2-6,11H,7-10,13H2,1H3. The van der Waals surface area contributed by atoms with Gasteiger partial charge in [0.05, 0.1) is 11.2 Å². The summed E-state index contributed by atoms with van der Waals surface area (Å²) in [6.07, 6.45) is 0. The summed E-state index contributed by atoms with van der Waals surface area (Å²) >= 11 is 12.2. The summed E-state index contributed by atoms with van der Waals surface area (Å²) in [5.41, 5.74) is 2.78. The van der Waals surface area contributed by atoms with Crippen LogP contribution >= 0.6 is 23.2 Å². The van der Waals surface area contributed by atoms with Gasteiger partial charge in [-0.15, -0.1) is 0 Å². The summed E-state index contributed by atoms with van der Waals surface area (Å²) in [5.74, 6) is 0. The Hall–Kier alpha value is -2.59. The van der Waals surface area contributed by atoms with Gasteiger partial charge in [0, 0.05) is 44.8 Å². The van der Waals surface area contributed by atoms with Gasteiger partial charge in [-0.2, -0.15) is 5.26 Å². The summed E-state index contributed by atoms with van der Waals surface area (Å²) in [5, 5.41) is 10.7. The number of rotatable bonds is 3.